The van der Waals surface area contributed by atoms with E-state index in [4.69, 9.17) is 9.16 Å². The quantitative estimate of drug-likeness (QED) is 0.296. The molecule has 0 aliphatic rings. The van der Waals surface area contributed by atoms with Crippen molar-refractivity contribution in [3.05, 3.63) is 53.6 Å². The van der Waals surface area contributed by atoms with Gasteiger partial charge in [-0.3, -0.25) is 0 Å². The van der Waals surface area contributed by atoms with E-state index in [2.05, 4.69) is 46.0 Å². The summed E-state index contributed by atoms with van der Waals surface area (Å²) in [5, 5.41) is 0. The number of benzene rings is 1. The first-order valence-electron chi connectivity index (χ1n) is 8.32. The lowest BCUT2D eigenvalue weighted by Gasteiger charge is -2.33. The maximum Gasteiger partial charge on any atom is 0.330 e. The van der Waals surface area contributed by atoms with E-state index in [0.717, 1.165) is 5.56 Å². The fraction of sp³-hybridized carbons (Fsp3) is 0.450. The van der Waals surface area contributed by atoms with Gasteiger partial charge >= 0.3 is 5.97 Å². The third-order valence-corrected chi connectivity index (χ3v) is 3.98. The van der Waals surface area contributed by atoms with Crippen LogP contribution in [-0.4, -0.2) is 21.6 Å². The summed E-state index contributed by atoms with van der Waals surface area (Å²) in [4.78, 5) is 11.3. The molecule has 1 aromatic rings. The third-order valence-electron chi connectivity index (χ3n) is 3.27. The number of carbonyl (C=O) groups excluding carboxylic acids is 1. The molecule has 3 nitrogen and oxygen atoms in total. The number of carbonyl (C=O) groups is 1. The Morgan fingerprint density at radius 1 is 1.25 bits per heavy atom. The van der Waals surface area contributed by atoms with Crippen LogP contribution in [0.3, 0.4) is 0 Å². The van der Waals surface area contributed by atoms with Gasteiger partial charge in [-0.15, -0.1) is 0 Å². The van der Waals surface area contributed by atoms with Crippen LogP contribution in [0, 0.1) is 5.41 Å². The first kappa shape index (κ1) is 20.4. The SMILES string of the molecule is CCOC(=O)C=CC=Cc1cccc(C(O[Si](C)C)C(C)(C)C)c1. The van der Waals surface area contributed by atoms with Crippen LogP contribution in [0.5, 0.6) is 0 Å². The highest BCUT2D eigenvalue weighted by Crippen LogP contribution is 2.36. The molecule has 0 aliphatic carbocycles. The molecule has 4 heteroatoms. The predicted octanol–water partition coefficient (Wildman–Crippen LogP) is 5.17. The summed E-state index contributed by atoms with van der Waals surface area (Å²) in [7, 11) is -0.791. The molecule has 0 aromatic heterocycles. The van der Waals surface area contributed by atoms with Gasteiger partial charge in [0.1, 0.15) is 0 Å². The van der Waals surface area contributed by atoms with Crippen LogP contribution in [0.2, 0.25) is 13.1 Å². The summed E-state index contributed by atoms with van der Waals surface area (Å²) in [6.07, 6.45) is 7.01. The molecular formula is C20H29O3Si. The average molecular weight is 346 g/mol. The van der Waals surface area contributed by atoms with Crippen LogP contribution in [0.25, 0.3) is 6.08 Å². The second kappa shape index (κ2) is 9.60. The fourth-order valence-electron chi connectivity index (χ4n) is 2.30. The van der Waals surface area contributed by atoms with Crippen LogP contribution >= 0.6 is 0 Å². The third kappa shape index (κ3) is 7.28. The molecule has 131 valence electrons. The maximum atomic E-state index is 11.3. The second-order valence-electron chi connectivity index (χ2n) is 6.91. The minimum absolute atomic E-state index is 0.0358. The largest absolute Gasteiger partial charge is 0.463 e. The molecule has 0 heterocycles. The molecule has 0 fully saturated rings. The zero-order valence-electron chi connectivity index (χ0n) is 15.6. The summed E-state index contributed by atoms with van der Waals surface area (Å²) < 4.78 is 11.1. The molecule has 24 heavy (non-hydrogen) atoms. The van der Waals surface area contributed by atoms with Crippen molar-refractivity contribution in [1.29, 1.82) is 0 Å². The highest BCUT2D eigenvalue weighted by molar-refractivity contribution is 6.48. The maximum absolute atomic E-state index is 11.3. The zero-order chi connectivity index (χ0) is 18.2. The molecule has 1 radical (unpaired) electrons. The Bertz CT molecular complexity index is 583. The minimum atomic E-state index is -0.791. The standard InChI is InChI=1S/C20H29O3Si/c1-7-22-18(21)14-9-8-11-16-12-10-13-17(15-16)19(20(2,3)4)23-24(5)6/h8-15,19H,7H2,1-6H3. The number of hydrogen-bond acceptors (Lipinski definition) is 3. The Morgan fingerprint density at radius 2 is 1.96 bits per heavy atom. The summed E-state index contributed by atoms with van der Waals surface area (Å²) in [6, 6.07) is 8.35. The van der Waals surface area contributed by atoms with Gasteiger partial charge < -0.3 is 9.16 Å². The van der Waals surface area contributed by atoms with Gasteiger partial charge in [0.25, 0.3) is 0 Å². The molecule has 1 unspecified atom stereocenters. The van der Waals surface area contributed by atoms with E-state index in [9.17, 15) is 4.79 Å². The van der Waals surface area contributed by atoms with Crippen molar-refractivity contribution in [2.24, 2.45) is 5.41 Å². The topological polar surface area (TPSA) is 35.5 Å². The first-order chi connectivity index (χ1) is 11.2. The highest BCUT2D eigenvalue weighted by Gasteiger charge is 2.28. The molecule has 0 aliphatic heterocycles. The van der Waals surface area contributed by atoms with E-state index in [0.29, 0.717) is 6.61 Å². The van der Waals surface area contributed by atoms with Crippen molar-refractivity contribution < 1.29 is 14.0 Å². The Labute approximate surface area is 148 Å². The van der Waals surface area contributed by atoms with Crippen molar-refractivity contribution in [3.63, 3.8) is 0 Å². The van der Waals surface area contributed by atoms with E-state index in [1.54, 1.807) is 13.0 Å². The van der Waals surface area contributed by atoms with Gasteiger partial charge in [0.15, 0.2) is 0 Å². The van der Waals surface area contributed by atoms with Crippen molar-refractivity contribution in [3.8, 4) is 0 Å². The smallest absolute Gasteiger partial charge is 0.330 e. The van der Waals surface area contributed by atoms with E-state index in [1.807, 2.05) is 24.3 Å². The van der Waals surface area contributed by atoms with Crippen LogP contribution < -0.4 is 0 Å². The Kier molecular flexibility index (Phi) is 8.15. The van der Waals surface area contributed by atoms with Gasteiger partial charge in [-0.25, -0.2) is 4.79 Å². The number of rotatable bonds is 7. The molecule has 1 rings (SSSR count). The summed E-state index contributed by atoms with van der Waals surface area (Å²) in [6.45, 7) is 13.1. The second-order valence-corrected chi connectivity index (χ2v) is 8.96. The lowest BCUT2D eigenvalue weighted by Crippen LogP contribution is -2.25. The Morgan fingerprint density at radius 3 is 2.54 bits per heavy atom. The van der Waals surface area contributed by atoms with Crippen LogP contribution in [0.1, 0.15) is 44.9 Å². The van der Waals surface area contributed by atoms with Gasteiger partial charge in [-0.05, 0) is 42.6 Å². The van der Waals surface area contributed by atoms with E-state index >= 15 is 0 Å². The number of esters is 1. The van der Waals surface area contributed by atoms with Gasteiger partial charge in [0, 0.05) is 6.08 Å². The minimum Gasteiger partial charge on any atom is -0.463 e. The highest BCUT2D eigenvalue weighted by atomic mass is 28.3. The normalized spacial score (nSPS) is 13.8. The molecule has 0 saturated heterocycles. The molecule has 0 saturated carbocycles. The van der Waals surface area contributed by atoms with E-state index < -0.39 is 9.04 Å². The van der Waals surface area contributed by atoms with Crippen LogP contribution in [-0.2, 0) is 14.0 Å². The molecule has 0 N–H and O–H groups in total. The van der Waals surface area contributed by atoms with Crippen molar-refractivity contribution in [2.75, 3.05) is 6.61 Å². The van der Waals surface area contributed by atoms with Crippen LogP contribution in [0.4, 0.5) is 0 Å². The molecule has 0 bridgehead atoms. The van der Waals surface area contributed by atoms with Gasteiger partial charge in [-0.1, -0.05) is 57.2 Å². The monoisotopic (exact) mass is 345 g/mol. The van der Waals surface area contributed by atoms with Gasteiger partial charge in [0.2, 0.25) is 9.04 Å². The fourth-order valence-corrected chi connectivity index (χ4v) is 3.26. The lowest BCUT2D eigenvalue weighted by atomic mass is 9.84. The molecule has 1 aromatic carbocycles. The Hall–Kier alpha value is -1.65. The average Bonchev–Trinajstić information content (AvgIpc) is 2.48. The summed E-state index contributed by atoms with van der Waals surface area (Å²) in [5.74, 6) is -0.322. The van der Waals surface area contributed by atoms with Gasteiger partial charge in [0.05, 0.1) is 12.7 Å². The summed E-state index contributed by atoms with van der Waals surface area (Å²) >= 11 is 0. The first-order valence-corrected chi connectivity index (χ1v) is 10.7. The van der Waals surface area contributed by atoms with Crippen molar-refractivity contribution in [1.82, 2.24) is 0 Å². The zero-order valence-corrected chi connectivity index (χ0v) is 16.6. The molecular weight excluding hydrogens is 316 g/mol. The van der Waals surface area contributed by atoms with Crippen LogP contribution in [0.15, 0.2) is 42.5 Å². The van der Waals surface area contributed by atoms with Gasteiger partial charge in [-0.2, -0.15) is 0 Å². The van der Waals surface area contributed by atoms with Crippen molar-refractivity contribution >= 4 is 21.1 Å². The van der Waals surface area contributed by atoms with E-state index in [1.165, 1.54) is 11.6 Å². The Balaban J connectivity index is 2.90. The lowest BCUT2D eigenvalue weighted by molar-refractivity contribution is -0.137. The van der Waals surface area contributed by atoms with E-state index in [-0.39, 0.29) is 17.5 Å². The number of ether oxygens (including phenoxy) is 1. The molecule has 0 spiro atoms. The van der Waals surface area contributed by atoms with Crippen molar-refractivity contribution in [2.45, 2.75) is 46.9 Å². The number of hydrogen-bond donors (Lipinski definition) is 0. The number of allylic oxidation sites excluding steroid dienone is 2. The molecule has 0 amide bonds. The molecule has 1 atom stereocenters. The summed E-state index contributed by atoms with van der Waals surface area (Å²) in [5.41, 5.74) is 2.30. The predicted molar refractivity (Wildman–Crippen MR) is 102 cm³/mol.